The molecule has 1 fully saturated rings. The molecule has 2 aromatic carbocycles. The summed E-state index contributed by atoms with van der Waals surface area (Å²) in [5.41, 5.74) is 3.79. The van der Waals surface area contributed by atoms with Crippen molar-refractivity contribution in [2.75, 3.05) is 24.5 Å². The van der Waals surface area contributed by atoms with E-state index < -0.39 is 6.36 Å². The maximum atomic E-state index is 12.8. The lowest BCUT2D eigenvalue weighted by Crippen LogP contribution is -2.48. The summed E-state index contributed by atoms with van der Waals surface area (Å²) in [5, 5.41) is 24.2. The van der Waals surface area contributed by atoms with E-state index in [1.807, 2.05) is 25.1 Å². The zero-order valence-corrected chi connectivity index (χ0v) is 24.5. The average molecular weight is 596 g/mol. The number of ether oxygens (including phenoxy) is 1. The van der Waals surface area contributed by atoms with Gasteiger partial charge in [0.2, 0.25) is 5.69 Å². The Morgan fingerprint density at radius 1 is 1.19 bits per heavy atom. The number of anilines is 1. The number of benzene rings is 2. The molecule has 1 aliphatic heterocycles. The molecule has 0 saturated carbocycles. The van der Waals surface area contributed by atoms with Crippen molar-refractivity contribution in [3.8, 4) is 11.8 Å². The molecular formula is C32H36F3N5O3. The van der Waals surface area contributed by atoms with Gasteiger partial charge in [-0.2, -0.15) is 9.99 Å². The fraction of sp³-hybridized carbons (Fsp3) is 0.406. The van der Waals surface area contributed by atoms with E-state index in [1.54, 1.807) is 31.2 Å². The normalized spacial score (nSPS) is 15.0. The number of amides is 1. The molecule has 0 aliphatic carbocycles. The third-order valence-corrected chi connectivity index (χ3v) is 8.00. The average Bonchev–Trinajstić information content (AvgIpc) is 2.98. The lowest BCUT2D eigenvalue weighted by molar-refractivity contribution is -0.612. The van der Waals surface area contributed by atoms with E-state index in [-0.39, 0.29) is 23.7 Å². The van der Waals surface area contributed by atoms with Gasteiger partial charge < -0.3 is 25.1 Å². The van der Waals surface area contributed by atoms with Gasteiger partial charge >= 0.3 is 6.36 Å². The number of halogens is 3. The van der Waals surface area contributed by atoms with E-state index in [9.17, 15) is 28.4 Å². The van der Waals surface area contributed by atoms with Crippen molar-refractivity contribution >= 4 is 11.6 Å². The second kappa shape index (κ2) is 13.8. The number of aromatic nitrogens is 1. The van der Waals surface area contributed by atoms with Crippen molar-refractivity contribution < 1.29 is 27.4 Å². The Kier molecular flexibility index (Phi) is 10.1. The van der Waals surface area contributed by atoms with Crippen LogP contribution < -0.4 is 19.7 Å². The van der Waals surface area contributed by atoms with Crippen LogP contribution in [0.3, 0.4) is 0 Å². The highest BCUT2D eigenvalue weighted by atomic mass is 19.4. The van der Waals surface area contributed by atoms with E-state index in [1.165, 1.54) is 18.3 Å². The lowest BCUT2D eigenvalue weighted by Gasteiger charge is -2.42. The van der Waals surface area contributed by atoms with Crippen molar-refractivity contribution in [1.82, 2.24) is 10.2 Å². The zero-order chi connectivity index (χ0) is 31.1. The lowest BCUT2D eigenvalue weighted by atomic mass is 9.99. The summed E-state index contributed by atoms with van der Waals surface area (Å²) in [6, 6.07) is 17.4. The standard InChI is InChI=1S/C32H36F3N5O3/c1-22-12-18-40(42)24(3)30(22)31(41)37-15-11-23(2)38-16-13-28(14-17-38)39(21-26-6-4-5-25(19-26)20-36)27-7-9-29(10-8-27)43-32(33,34)35/h4-10,12,18-19,23,28H,11,13-17,21H2,1-3H3,(H,37,41). The summed E-state index contributed by atoms with van der Waals surface area (Å²) in [5.74, 6) is -0.530. The Morgan fingerprint density at radius 2 is 1.88 bits per heavy atom. The van der Waals surface area contributed by atoms with Crippen molar-refractivity contribution in [3.05, 3.63) is 93.9 Å². The van der Waals surface area contributed by atoms with Crippen LogP contribution in [0.4, 0.5) is 18.9 Å². The molecule has 43 heavy (non-hydrogen) atoms. The van der Waals surface area contributed by atoms with Crippen LogP contribution in [0.25, 0.3) is 0 Å². The number of nitrogens with zero attached hydrogens (tertiary/aromatic N) is 4. The number of pyridine rings is 1. The number of nitriles is 1. The second-order valence-electron chi connectivity index (χ2n) is 10.9. The van der Waals surface area contributed by atoms with Gasteiger partial charge in [-0.25, -0.2) is 0 Å². The van der Waals surface area contributed by atoms with Gasteiger partial charge in [0.25, 0.3) is 5.91 Å². The summed E-state index contributed by atoms with van der Waals surface area (Å²) in [6.07, 6.45) is -0.952. The maximum absolute atomic E-state index is 12.8. The Morgan fingerprint density at radius 3 is 2.53 bits per heavy atom. The van der Waals surface area contributed by atoms with Gasteiger partial charge in [0, 0.05) is 56.9 Å². The molecule has 0 radical (unpaired) electrons. The van der Waals surface area contributed by atoms with Crippen LogP contribution in [0, 0.1) is 30.4 Å². The molecule has 11 heteroatoms. The Bertz CT molecular complexity index is 1450. The molecule has 3 aromatic rings. The predicted molar refractivity (Wildman–Crippen MR) is 156 cm³/mol. The monoisotopic (exact) mass is 595 g/mol. The van der Waals surface area contributed by atoms with Gasteiger partial charge in [-0.1, -0.05) is 12.1 Å². The number of alkyl halides is 3. The van der Waals surface area contributed by atoms with E-state index >= 15 is 0 Å². The predicted octanol–water partition coefficient (Wildman–Crippen LogP) is 5.39. The number of hydrogen-bond donors (Lipinski definition) is 1. The number of carbonyl (C=O) groups excluding carboxylic acids is 1. The number of aryl methyl sites for hydroxylation is 1. The molecule has 0 spiro atoms. The van der Waals surface area contributed by atoms with Crippen LogP contribution in [0.1, 0.15) is 58.9 Å². The molecule has 1 N–H and O–H groups in total. The van der Waals surface area contributed by atoms with E-state index in [0.29, 0.717) is 34.6 Å². The van der Waals surface area contributed by atoms with Crippen LogP contribution in [0.2, 0.25) is 0 Å². The minimum atomic E-state index is -4.76. The van der Waals surface area contributed by atoms with Crippen LogP contribution in [0.15, 0.2) is 60.8 Å². The fourth-order valence-corrected chi connectivity index (χ4v) is 5.62. The van der Waals surface area contributed by atoms with Gasteiger partial charge in [-0.05, 0) is 80.6 Å². The first-order valence-electron chi connectivity index (χ1n) is 14.3. The smallest absolute Gasteiger partial charge is 0.573 e. The maximum Gasteiger partial charge on any atom is 0.573 e. The van der Waals surface area contributed by atoms with Gasteiger partial charge in [0.1, 0.15) is 11.3 Å². The number of rotatable bonds is 10. The molecular weight excluding hydrogens is 559 g/mol. The minimum Gasteiger partial charge on any atom is -0.618 e. The molecule has 1 aliphatic rings. The first-order chi connectivity index (χ1) is 20.4. The fourth-order valence-electron chi connectivity index (χ4n) is 5.62. The van der Waals surface area contributed by atoms with E-state index in [2.05, 4.69) is 32.8 Å². The van der Waals surface area contributed by atoms with Crippen molar-refractivity contribution in [3.63, 3.8) is 0 Å². The summed E-state index contributed by atoms with van der Waals surface area (Å²) in [4.78, 5) is 17.3. The largest absolute Gasteiger partial charge is 0.618 e. The van der Waals surface area contributed by atoms with Gasteiger partial charge in [-0.3, -0.25) is 4.79 Å². The number of carbonyl (C=O) groups is 1. The van der Waals surface area contributed by atoms with Crippen LogP contribution >= 0.6 is 0 Å². The highest BCUT2D eigenvalue weighted by molar-refractivity contribution is 5.96. The number of piperidine rings is 1. The van der Waals surface area contributed by atoms with Crippen molar-refractivity contribution in [2.24, 2.45) is 0 Å². The van der Waals surface area contributed by atoms with Gasteiger partial charge in [0.05, 0.1) is 11.6 Å². The molecule has 8 nitrogen and oxygen atoms in total. The molecule has 0 bridgehead atoms. The SMILES string of the molecule is Cc1cc[n+]([O-])c(C)c1C(=O)NCCC(C)N1CCC(N(Cc2cccc(C#N)c2)c2ccc(OC(F)(F)F)cc2)CC1. The van der Waals surface area contributed by atoms with Crippen molar-refractivity contribution in [2.45, 2.75) is 65.0 Å². The highest BCUT2D eigenvalue weighted by Crippen LogP contribution is 2.30. The summed E-state index contributed by atoms with van der Waals surface area (Å²) < 4.78 is 42.8. The zero-order valence-electron chi connectivity index (χ0n) is 24.5. The van der Waals surface area contributed by atoms with Gasteiger partial charge in [0.15, 0.2) is 6.20 Å². The van der Waals surface area contributed by atoms with Gasteiger partial charge in [-0.15, -0.1) is 13.2 Å². The van der Waals surface area contributed by atoms with Crippen LogP contribution in [0.5, 0.6) is 5.75 Å². The summed E-state index contributed by atoms with van der Waals surface area (Å²) >= 11 is 0. The van der Waals surface area contributed by atoms with Crippen LogP contribution in [-0.2, 0) is 6.54 Å². The highest BCUT2D eigenvalue weighted by Gasteiger charge is 2.32. The van der Waals surface area contributed by atoms with Crippen LogP contribution in [-0.4, -0.2) is 48.9 Å². The first-order valence-corrected chi connectivity index (χ1v) is 14.3. The molecule has 228 valence electrons. The molecule has 1 amide bonds. The second-order valence-corrected chi connectivity index (χ2v) is 10.9. The Balaban J connectivity index is 1.38. The number of hydrogen-bond acceptors (Lipinski definition) is 6. The number of nitrogens with one attached hydrogen (secondary N) is 1. The number of likely N-dealkylation sites (tertiary alicyclic amines) is 1. The van der Waals surface area contributed by atoms with Crippen molar-refractivity contribution in [1.29, 1.82) is 5.26 Å². The molecule has 1 unspecified atom stereocenters. The molecule has 1 saturated heterocycles. The Labute approximate surface area is 249 Å². The molecule has 4 rings (SSSR count). The quantitative estimate of drug-likeness (QED) is 0.250. The third-order valence-electron chi connectivity index (χ3n) is 8.00. The minimum absolute atomic E-state index is 0.131. The third kappa shape index (κ3) is 8.38. The molecule has 2 heterocycles. The first kappa shape index (κ1) is 31.6. The summed E-state index contributed by atoms with van der Waals surface area (Å²) in [6.45, 7) is 8.18. The topological polar surface area (TPSA) is 95.5 Å². The summed E-state index contributed by atoms with van der Waals surface area (Å²) in [7, 11) is 0. The molecule has 1 atom stereocenters. The van der Waals surface area contributed by atoms with E-state index in [0.717, 1.165) is 49.2 Å². The molecule has 1 aromatic heterocycles. The Hall–Kier alpha value is -4.30. The van der Waals surface area contributed by atoms with E-state index in [4.69, 9.17) is 0 Å².